The van der Waals surface area contributed by atoms with Crippen LogP contribution >= 0.6 is 0 Å². The van der Waals surface area contributed by atoms with Crippen molar-refractivity contribution in [3.8, 4) is 5.75 Å². The van der Waals surface area contributed by atoms with E-state index in [0.717, 1.165) is 12.8 Å². The lowest BCUT2D eigenvalue weighted by Crippen LogP contribution is -2.51. The molecule has 0 spiro atoms. The van der Waals surface area contributed by atoms with Gasteiger partial charge in [-0.3, -0.25) is 9.69 Å². The van der Waals surface area contributed by atoms with Crippen molar-refractivity contribution in [2.75, 3.05) is 45.2 Å². The predicted octanol–water partition coefficient (Wildman–Crippen LogP) is 0.743. The first-order chi connectivity index (χ1) is 11.5. The highest BCUT2D eigenvalue weighted by molar-refractivity contribution is 7.90. The molecule has 1 aliphatic carbocycles. The summed E-state index contributed by atoms with van der Waals surface area (Å²) < 4.78 is 31.2. The molecule has 1 aliphatic heterocycles. The van der Waals surface area contributed by atoms with Crippen molar-refractivity contribution in [3.05, 3.63) is 24.3 Å². The molecule has 1 amide bonds. The lowest BCUT2D eigenvalue weighted by atomic mass is 10.3. The van der Waals surface area contributed by atoms with E-state index in [9.17, 15) is 13.2 Å². The van der Waals surface area contributed by atoms with Crippen LogP contribution < -0.4 is 10.1 Å². The van der Waals surface area contributed by atoms with Gasteiger partial charge in [0.1, 0.15) is 5.75 Å². The van der Waals surface area contributed by atoms with Gasteiger partial charge >= 0.3 is 0 Å². The van der Waals surface area contributed by atoms with E-state index in [0.29, 0.717) is 37.6 Å². The summed E-state index contributed by atoms with van der Waals surface area (Å²) in [5.41, 5.74) is 0.639. The van der Waals surface area contributed by atoms with Crippen LogP contribution in [0, 0.1) is 0 Å². The molecule has 2 aliphatic rings. The number of benzene rings is 1. The largest absolute Gasteiger partial charge is 0.495 e. The zero-order valence-electron chi connectivity index (χ0n) is 13.8. The fourth-order valence-corrected chi connectivity index (χ4v) is 4.69. The zero-order valence-corrected chi connectivity index (χ0v) is 14.6. The van der Waals surface area contributed by atoms with Crippen molar-refractivity contribution < 1.29 is 17.9 Å². The molecule has 3 rings (SSSR count). The monoisotopic (exact) mass is 353 g/mol. The maximum absolute atomic E-state index is 12.2. The van der Waals surface area contributed by atoms with Crippen LogP contribution in [0.3, 0.4) is 0 Å². The number of anilines is 1. The summed E-state index contributed by atoms with van der Waals surface area (Å²) in [5.74, 6) is 0.490. The second-order valence-electron chi connectivity index (χ2n) is 6.17. The Labute approximate surface area is 142 Å². The van der Waals surface area contributed by atoms with Crippen LogP contribution in [0.4, 0.5) is 5.69 Å². The third kappa shape index (κ3) is 3.88. The van der Waals surface area contributed by atoms with E-state index in [4.69, 9.17) is 4.74 Å². The van der Waals surface area contributed by atoms with Crippen molar-refractivity contribution in [1.29, 1.82) is 0 Å². The number of piperazine rings is 1. The fourth-order valence-electron chi connectivity index (χ4n) is 2.86. The third-order valence-corrected chi connectivity index (χ3v) is 6.78. The van der Waals surface area contributed by atoms with Gasteiger partial charge in [0.05, 0.1) is 24.6 Å². The number of carbonyl (C=O) groups is 1. The molecule has 0 unspecified atom stereocenters. The first-order valence-electron chi connectivity index (χ1n) is 8.15. The van der Waals surface area contributed by atoms with Gasteiger partial charge in [-0.2, -0.15) is 4.31 Å². The lowest BCUT2D eigenvalue weighted by Gasteiger charge is -2.33. The highest BCUT2D eigenvalue weighted by Gasteiger charge is 2.41. The molecule has 1 heterocycles. The number of carbonyl (C=O) groups excluding carboxylic acids is 1. The zero-order chi connectivity index (χ0) is 17.2. The molecule has 1 saturated heterocycles. The maximum atomic E-state index is 12.2. The first-order valence-corrected chi connectivity index (χ1v) is 9.65. The van der Waals surface area contributed by atoms with Gasteiger partial charge in [0, 0.05) is 26.2 Å². The highest BCUT2D eigenvalue weighted by Crippen LogP contribution is 2.31. The predicted molar refractivity (Wildman–Crippen MR) is 91.6 cm³/mol. The summed E-state index contributed by atoms with van der Waals surface area (Å²) in [5, 5.41) is 2.67. The molecule has 0 radical (unpaired) electrons. The SMILES string of the molecule is COc1ccccc1NC(=O)CN1CCN(S(=O)(=O)C2CC2)CC1. The number of rotatable bonds is 6. The quantitative estimate of drug-likeness (QED) is 0.816. The van der Waals surface area contributed by atoms with Crippen LogP contribution in [0.15, 0.2) is 24.3 Å². The number of nitrogens with zero attached hydrogens (tertiary/aromatic N) is 2. The molecular formula is C16H23N3O4S. The number of ether oxygens (including phenoxy) is 1. The Balaban J connectivity index is 1.50. The fraction of sp³-hybridized carbons (Fsp3) is 0.562. The number of hydrogen-bond donors (Lipinski definition) is 1. The van der Waals surface area contributed by atoms with Crippen LogP contribution in [-0.4, -0.2) is 68.6 Å². The molecule has 1 saturated carbocycles. The number of hydrogen-bond acceptors (Lipinski definition) is 5. The smallest absolute Gasteiger partial charge is 0.238 e. The van der Waals surface area contributed by atoms with Gasteiger partial charge in [0.15, 0.2) is 0 Å². The van der Waals surface area contributed by atoms with E-state index < -0.39 is 10.0 Å². The molecule has 1 aromatic rings. The van der Waals surface area contributed by atoms with E-state index in [-0.39, 0.29) is 17.7 Å². The van der Waals surface area contributed by atoms with Gasteiger partial charge in [-0.05, 0) is 25.0 Å². The average molecular weight is 353 g/mol. The second-order valence-corrected chi connectivity index (χ2v) is 8.38. The van der Waals surface area contributed by atoms with E-state index in [1.54, 1.807) is 23.5 Å². The first kappa shape index (κ1) is 17.2. The van der Waals surface area contributed by atoms with Gasteiger partial charge in [0.25, 0.3) is 0 Å². The van der Waals surface area contributed by atoms with Crippen LogP contribution in [0.2, 0.25) is 0 Å². The molecule has 0 bridgehead atoms. The van der Waals surface area contributed by atoms with Gasteiger partial charge in [-0.1, -0.05) is 12.1 Å². The summed E-state index contributed by atoms with van der Waals surface area (Å²) in [4.78, 5) is 14.2. The lowest BCUT2D eigenvalue weighted by molar-refractivity contribution is -0.117. The molecule has 24 heavy (non-hydrogen) atoms. The molecule has 0 atom stereocenters. The number of nitrogens with one attached hydrogen (secondary N) is 1. The standard InChI is InChI=1S/C16H23N3O4S/c1-23-15-5-3-2-4-14(15)17-16(20)12-18-8-10-19(11-9-18)24(21,22)13-6-7-13/h2-5,13H,6-12H2,1H3,(H,17,20). The van der Waals surface area contributed by atoms with Crippen molar-refractivity contribution in [2.24, 2.45) is 0 Å². The van der Waals surface area contributed by atoms with E-state index >= 15 is 0 Å². The maximum Gasteiger partial charge on any atom is 0.238 e. The van der Waals surface area contributed by atoms with Gasteiger partial charge in [-0.25, -0.2) is 8.42 Å². The Hall–Kier alpha value is -1.64. The Morgan fingerprint density at radius 2 is 1.88 bits per heavy atom. The minimum atomic E-state index is -3.11. The van der Waals surface area contributed by atoms with Crippen molar-refractivity contribution in [2.45, 2.75) is 18.1 Å². The number of methoxy groups -OCH3 is 1. The van der Waals surface area contributed by atoms with Crippen molar-refractivity contribution in [3.63, 3.8) is 0 Å². The van der Waals surface area contributed by atoms with Crippen LogP contribution in [-0.2, 0) is 14.8 Å². The van der Waals surface area contributed by atoms with Crippen LogP contribution in [0.25, 0.3) is 0 Å². The summed E-state index contributed by atoms with van der Waals surface area (Å²) in [6.45, 7) is 2.31. The molecule has 2 fully saturated rings. The number of para-hydroxylation sites is 2. The van der Waals surface area contributed by atoms with E-state index in [2.05, 4.69) is 5.32 Å². The van der Waals surface area contributed by atoms with Gasteiger partial charge in [-0.15, -0.1) is 0 Å². The Morgan fingerprint density at radius 3 is 2.50 bits per heavy atom. The molecule has 8 heteroatoms. The molecule has 1 aromatic carbocycles. The minimum Gasteiger partial charge on any atom is -0.495 e. The van der Waals surface area contributed by atoms with Crippen molar-refractivity contribution >= 4 is 21.6 Å². The van der Waals surface area contributed by atoms with E-state index in [1.165, 1.54) is 0 Å². The molecular weight excluding hydrogens is 330 g/mol. The Bertz CT molecular complexity index is 695. The second kappa shape index (κ2) is 7.08. The molecule has 1 N–H and O–H groups in total. The highest BCUT2D eigenvalue weighted by atomic mass is 32.2. The summed E-state index contributed by atoms with van der Waals surface area (Å²) in [7, 11) is -1.55. The number of amides is 1. The summed E-state index contributed by atoms with van der Waals surface area (Å²) in [6, 6.07) is 7.25. The van der Waals surface area contributed by atoms with Gasteiger partial charge in [0.2, 0.25) is 15.9 Å². The molecule has 132 valence electrons. The minimum absolute atomic E-state index is 0.127. The topological polar surface area (TPSA) is 79.0 Å². The van der Waals surface area contributed by atoms with Gasteiger partial charge < -0.3 is 10.1 Å². The molecule has 0 aromatic heterocycles. The molecule has 7 nitrogen and oxygen atoms in total. The van der Waals surface area contributed by atoms with Crippen LogP contribution in [0.1, 0.15) is 12.8 Å². The normalized spacial score (nSPS) is 19.9. The van der Waals surface area contributed by atoms with Crippen molar-refractivity contribution in [1.82, 2.24) is 9.21 Å². The third-order valence-electron chi connectivity index (χ3n) is 4.39. The number of sulfonamides is 1. The van der Waals surface area contributed by atoms with E-state index in [1.807, 2.05) is 17.0 Å². The summed E-state index contributed by atoms with van der Waals surface area (Å²) >= 11 is 0. The Kier molecular flexibility index (Phi) is 5.07. The summed E-state index contributed by atoms with van der Waals surface area (Å²) in [6.07, 6.45) is 1.56. The average Bonchev–Trinajstić information content (AvgIpc) is 3.41. The Morgan fingerprint density at radius 1 is 1.21 bits per heavy atom. The van der Waals surface area contributed by atoms with Crippen LogP contribution in [0.5, 0.6) is 5.75 Å².